The van der Waals surface area contributed by atoms with Crippen molar-refractivity contribution in [2.24, 2.45) is 0 Å². The van der Waals surface area contributed by atoms with Crippen LogP contribution in [0.1, 0.15) is 12.8 Å². The normalized spacial score (nSPS) is 16.3. The molecule has 0 bridgehead atoms. The van der Waals surface area contributed by atoms with Gasteiger partial charge in [-0.3, -0.25) is 9.59 Å². The van der Waals surface area contributed by atoms with E-state index < -0.39 is 48.7 Å². The van der Waals surface area contributed by atoms with Crippen LogP contribution in [-0.2, 0) is 47.7 Å². The Kier molecular flexibility index (Phi) is 5.20. The van der Waals surface area contributed by atoms with Crippen LogP contribution in [0, 0.1) is 0 Å². The zero-order valence-corrected chi connectivity index (χ0v) is 12.1. The number of cyclic esters (lactones) is 4. The van der Waals surface area contributed by atoms with Crippen LogP contribution in [0.5, 0.6) is 0 Å². The van der Waals surface area contributed by atoms with Crippen molar-refractivity contribution < 1.29 is 47.7 Å². The molecule has 0 spiro atoms. The molecule has 0 aromatic heterocycles. The second-order valence-electron chi connectivity index (χ2n) is 4.55. The molecule has 0 unspecified atom stereocenters. The number of rotatable bonds is 7. The van der Waals surface area contributed by atoms with Crippen LogP contribution in [0.25, 0.3) is 0 Å². The number of hydrogen-bond donors (Lipinski definition) is 0. The molecule has 0 atom stereocenters. The van der Waals surface area contributed by atoms with Crippen molar-refractivity contribution in [3.8, 4) is 0 Å². The molecule has 24 heavy (non-hydrogen) atoms. The molecule has 0 radical (unpaired) electrons. The Morgan fingerprint density at radius 3 is 1.42 bits per heavy atom. The first kappa shape index (κ1) is 17.1. The first-order valence-corrected chi connectivity index (χ1v) is 6.60. The highest BCUT2D eigenvalue weighted by atomic mass is 16.6. The van der Waals surface area contributed by atoms with Crippen LogP contribution in [0.3, 0.4) is 0 Å². The van der Waals surface area contributed by atoms with Gasteiger partial charge in [0.05, 0.1) is 24.0 Å². The second-order valence-corrected chi connectivity index (χ2v) is 4.55. The highest BCUT2D eigenvalue weighted by Gasteiger charge is 2.27. The van der Waals surface area contributed by atoms with Gasteiger partial charge in [-0.15, -0.1) is 0 Å². The van der Waals surface area contributed by atoms with Gasteiger partial charge in [-0.2, -0.15) is 0 Å². The van der Waals surface area contributed by atoms with Crippen LogP contribution < -0.4 is 0 Å². The van der Waals surface area contributed by atoms with Crippen LogP contribution in [0.4, 0.5) is 0 Å². The average molecular weight is 338 g/mol. The van der Waals surface area contributed by atoms with E-state index in [1.54, 1.807) is 0 Å². The van der Waals surface area contributed by atoms with Crippen LogP contribution >= 0.6 is 0 Å². The molecule has 0 saturated heterocycles. The minimum absolute atomic E-state index is 0.127. The molecule has 126 valence electrons. The summed E-state index contributed by atoms with van der Waals surface area (Å²) < 4.78 is 17.8. The van der Waals surface area contributed by atoms with Crippen molar-refractivity contribution in [1.82, 2.24) is 0 Å². The van der Waals surface area contributed by atoms with E-state index in [0.717, 1.165) is 12.2 Å². The third-order valence-corrected chi connectivity index (χ3v) is 2.77. The molecule has 10 nitrogen and oxygen atoms in total. The zero-order chi connectivity index (χ0) is 17.7. The van der Waals surface area contributed by atoms with Crippen molar-refractivity contribution in [1.29, 1.82) is 0 Å². The summed E-state index contributed by atoms with van der Waals surface area (Å²) in [6.45, 7) is -0.577. The molecule has 0 N–H and O–H groups in total. The standard InChI is InChI=1S/C14H10O10/c15-9(3-7-5-11(17)23-13(7)19)21-1-2-22-10(16)4-8-6-12(18)24-14(8)20/h5-6H,1-4H2. The van der Waals surface area contributed by atoms with E-state index in [1.807, 2.05) is 0 Å². The number of carbonyl (C=O) groups is 6. The van der Waals surface area contributed by atoms with E-state index in [2.05, 4.69) is 9.47 Å². The van der Waals surface area contributed by atoms with Gasteiger partial charge < -0.3 is 18.9 Å². The smallest absolute Gasteiger partial charge is 0.342 e. The summed E-state index contributed by atoms with van der Waals surface area (Å²) in [4.78, 5) is 66.6. The topological polar surface area (TPSA) is 139 Å². The molecular formula is C14H10O10. The summed E-state index contributed by atoms with van der Waals surface area (Å²) in [6, 6.07) is 0. The first-order chi connectivity index (χ1) is 11.3. The van der Waals surface area contributed by atoms with E-state index in [0.29, 0.717) is 0 Å². The summed E-state index contributed by atoms with van der Waals surface area (Å²) in [5.74, 6) is -5.14. The Morgan fingerprint density at radius 2 is 1.12 bits per heavy atom. The van der Waals surface area contributed by atoms with Crippen molar-refractivity contribution in [3.63, 3.8) is 0 Å². The molecule has 0 aromatic rings. The van der Waals surface area contributed by atoms with Gasteiger partial charge in [0.2, 0.25) is 0 Å². The van der Waals surface area contributed by atoms with Crippen molar-refractivity contribution in [2.75, 3.05) is 13.2 Å². The Labute approximate surface area is 134 Å². The van der Waals surface area contributed by atoms with Crippen molar-refractivity contribution in [2.45, 2.75) is 12.8 Å². The Morgan fingerprint density at radius 1 is 0.750 bits per heavy atom. The molecule has 10 heteroatoms. The number of hydrogen-bond acceptors (Lipinski definition) is 10. The molecule has 0 fully saturated rings. The molecule has 2 heterocycles. The van der Waals surface area contributed by atoms with Gasteiger partial charge in [0, 0.05) is 12.2 Å². The Bertz CT molecular complexity index is 636. The van der Waals surface area contributed by atoms with E-state index in [-0.39, 0.29) is 24.4 Å². The summed E-state index contributed by atoms with van der Waals surface area (Å²) in [5.41, 5.74) is -0.253. The molecule has 0 amide bonds. The molecule has 0 saturated carbocycles. The second kappa shape index (κ2) is 7.31. The average Bonchev–Trinajstić information content (AvgIpc) is 2.96. The lowest BCUT2D eigenvalue weighted by Crippen LogP contribution is -2.16. The third-order valence-electron chi connectivity index (χ3n) is 2.77. The predicted molar refractivity (Wildman–Crippen MR) is 69.5 cm³/mol. The molecule has 0 aliphatic carbocycles. The molecule has 0 aromatic carbocycles. The Balaban J connectivity index is 1.64. The highest BCUT2D eigenvalue weighted by Crippen LogP contribution is 2.14. The van der Waals surface area contributed by atoms with Gasteiger partial charge in [-0.1, -0.05) is 0 Å². The van der Waals surface area contributed by atoms with Gasteiger partial charge in [0.25, 0.3) is 0 Å². The molecule has 2 rings (SSSR count). The molecular weight excluding hydrogens is 328 g/mol. The summed E-state index contributed by atoms with van der Waals surface area (Å²) in [5, 5.41) is 0. The van der Waals surface area contributed by atoms with Gasteiger partial charge in [0.15, 0.2) is 0 Å². The fraction of sp³-hybridized carbons (Fsp3) is 0.286. The van der Waals surface area contributed by atoms with E-state index in [4.69, 9.17) is 9.47 Å². The molecule has 2 aliphatic heterocycles. The van der Waals surface area contributed by atoms with Crippen LogP contribution in [0.2, 0.25) is 0 Å². The lowest BCUT2D eigenvalue weighted by Gasteiger charge is -2.06. The van der Waals surface area contributed by atoms with Crippen molar-refractivity contribution in [3.05, 3.63) is 23.3 Å². The largest absolute Gasteiger partial charge is 0.462 e. The monoisotopic (exact) mass is 338 g/mol. The minimum atomic E-state index is -0.908. The summed E-state index contributed by atoms with van der Waals surface area (Å²) in [7, 11) is 0. The van der Waals surface area contributed by atoms with Gasteiger partial charge in [0.1, 0.15) is 13.2 Å². The zero-order valence-electron chi connectivity index (χ0n) is 12.1. The van der Waals surface area contributed by atoms with E-state index in [9.17, 15) is 28.8 Å². The third kappa shape index (κ3) is 4.60. The fourth-order valence-corrected chi connectivity index (χ4v) is 1.75. The first-order valence-electron chi connectivity index (χ1n) is 6.60. The SMILES string of the molecule is O=C1C=C(CC(=O)OCCOC(=O)CC2=CC(=O)OC2=O)C(=O)O1. The number of esters is 6. The maximum atomic E-state index is 11.4. The van der Waals surface area contributed by atoms with Crippen LogP contribution in [0.15, 0.2) is 23.3 Å². The summed E-state index contributed by atoms with van der Waals surface area (Å²) >= 11 is 0. The Hall–Kier alpha value is -3.30. The van der Waals surface area contributed by atoms with E-state index in [1.165, 1.54) is 0 Å². The maximum Gasteiger partial charge on any atom is 0.342 e. The lowest BCUT2D eigenvalue weighted by molar-refractivity contribution is -0.154. The number of ether oxygens (including phenoxy) is 4. The molecule has 2 aliphatic rings. The maximum absolute atomic E-state index is 11.4. The lowest BCUT2D eigenvalue weighted by atomic mass is 10.2. The van der Waals surface area contributed by atoms with Gasteiger partial charge in [-0.25, -0.2) is 19.2 Å². The van der Waals surface area contributed by atoms with Crippen molar-refractivity contribution >= 4 is 35.8 Å². The number of carbonyl (C=O) groups excluding carboxylic acids is 6. The van der Waals surface area contributed by atoms with E-state index >= 15 is 0 Å². The predicted octanol–water partition coefficient (Wildman–Crippen LogP) is -1.13. The van der Waals surface area contributed by atoms with Gasteiger partial charge in [-0.05, 0) is 0 Å². The van der Waals surface area contributed by atoms with Crippen LogP contribution in [-0.4, -0.2) is 49.0 Å². The highest BCUT2D eigenvalue weighted by molar-refractivity contribution is 6.11. The fourth-order valence-electron chi connectivity index (χ4n) is 1.75. The quantitative estimate of drug-likeness (QED) is 0.242. The minimum Gasteiger partial charge on any atom is -0.462 e. The van der Waals surface area contributed by atoms with Gasteiger partial charge >= 0.3 is 35.8 Å². The summed E-state index contributed by atoms with van der Waals surface area (Å²) in [6.07, 6.45) is 0.886.